The summed E-state index contributed by atoms with van der Waals surface area (Å²) in [6, 6.07) is 7.59. The molecule has 2 aliphatic rings. The number of Topliss-reactive ketones (excluding diaryl/α,β-unsaturated/α-hetero) is 1. The first-order valence-corrected chi connectivity index (χ1v) is 12.3. The Balaban J connectivity index is 0.00000342. The lowest BCUT2D eigenvalue weighted by molar-refractivity contribution is -0.137. The molecule has 0 spiro atoms. The van der Waals surface area contributed by atoms with Gasteiger partial charge < -0.3 is 5.11 Å². The molecule has 2 aromatic rings. The van der Waals surface area contributed by atoms with E-state index in [1.807, 2.05) is 11.0 Å². The first kappa shape index (κ1) is 27.1. The molecule has 7 nitrogen and oxygen atoms in total. The van der Waals surface area contributed by atoms with Crippen LogP contribution in [0.5, 0.6) is 0 Å². The van der Waals surface area contributed by atoms with E-state index in [-0.39, 0.29) is 53.3 Å². The largest absolute Gasteiger partial charge is 0.481 e. The van der Waals surface area contributed by atoms with Crippen molar-refractivity contribution in [2.45, 2.75) is 50.4 Å². The molecule has 1 N–H and O–H groups in total. The minimum Gasteiger partial charge on any atom is -0.481 e. The van der Waals surface area contributed by atoms with Gasteiger partial charge in [0.2, 0.25) is 0 Å². The van der Waals surface area contributed by atoms with Gasteiger partial charge in [-0.25, -0.2) is 4.39 Å². The van der Waals surface area contributed by atoms with Gasteiger partial charge in [-0.1, -0.05) is 30.0 Å². The van der Waals surface area contributed by atoms with Crippen molar-refractivity contribution in [1.82, 2.24) is 14.7 Å². The predicted octanol–water partition coefficient (Wildman–Crippen LogP) is 4.38. The number of carboxylic acids is 1. The van der Waals surface area contributed by atoms with Crippen LogP contribution >= 0.6 is 24.2 Å². The van der Waals surface area contributed by atoms with Crippen molar-refractivity contribution in [3.8, 4) is 0 Å². The molecule has 1 saturated carbocycles. The third kappa shape index (κ3) is 7.02. The second-order valence-electron chi connectivity index (χ2n) is 8.82. The highest BCUT2D eigenvalue weighted by Gasteiger charge is 2.41. The number of benzene rings is 1. The Morgan fingerprint density at radius 3 is 2.63 bits per heavy atom. The fourth-order valence-electron chi connectivity index (χ4n) is 4.37. The van der Waals surface area contributed by atoms with Crippen LogP contribution in [0.2, 0.25) is 0 Å². The Kier molecular flexibility index (Phi) is 9.27. The number of carboxylic acid groups (broad SMARTS) is 1. The summed E-state index contributed by atoms with van der Waals surface area (Å²) < 4.78 is 16.3. The number of thioether (sulfide) groups is 1. The number of halogens is 2. The van der Waals surface area contributed by atoms with Crippen molar-refractivity contribution >= 4 is 47.1 Å². The van der Waals surface area contributed by atoms with Crippen molar-refractivity contribution in [2.24, 2.45) is 5.92 Å². The van der Waals surface area contributed by atoms with Crippen LogP contribution in [0.4, 0.5) is 4.39 Å². The van der Waals surface area contributed by atoms with E-state index in [9.17, 15) is 18.8 Å². The van der Waals surface area contributed by atoms with Gasteiger partial charge in [0.1, 0.15) is 5.82 Å². The summed E-state index contributed by atoms with van der Waals surface area (Å²) in [6.07, 6.45) is 5.94. The maximum Gasteiger partial charge on any atom is 0.305 e. The number of hydrogen-bond acceptors (Lipinski definition) is 6. The normalized spacial score (nSPS) is 20.3. The minimum absolute atomic E-state index is 0. The molecule has 1 aliphatic heterocycles. The number of aromatic nitrogens is 2. The third-order valence-corrected chi connectivity index (χ3v) is 7.30. The van der Waals surface area contributed by atoms with Crippen molar-refractivity contribution in [2.75, 3.05) is 13.1 Å². The van der Waals surface area contributed by atoms with E-state index in [0.717, 1.165) is 18.4 Å². The predicted molar refractivity (Wildman–Crippen MR) is 135 cm³/mol. The number of piperidine rings is 1. The van der Waals surface area contributed by atoms with E-state index < -0.39 is 12.0 Å². The molecular weight excluding hydrogens is 493 g/mol. The summed E-state index contributed by atoms with van der Waals surface area (Å²) in [6.45, 7) is 2.80. The molecule has 1 aromatic heterocycles. The van der Waals surface area contributed by atoms with Crippen LogP contribution in [0, 0.1) is 11.7 Å². The van der Waals surface area contributed by atoms with Gasteiger partial charge in [0.25, 0.3) is 0 Å². The lowest BCUT2D eigenvalue weighted by Gasteiger charge is -2.38. The second-order valence-corrected chi connectivity index (χ2v) is 10.2. The van der Waals surface area contributed by atoms with E-state index in [2.05, 4.69) is 5.10 Å². The monoisotopic (exact) mass is 521 g/mol. The average molecular weight is 522 g/mol. The molecule has 10 heteroatoms. The average Bonchev–Trinajstić information content (AvgIpc) is 3.55. The highest BCUT2D eigenvalue weighted by atomic mass is 35.5. The zero-order valence-corrected chi connectivity index (χ0v) is 21.1. The van der Waals surface area contributed by atoms with Gasteiger partial charge in [-0.05, 0) is 43.0 Å². The van der Waals surface area contributed by atoms with Crippen LogP contribution in [-0.2, 0) is 20.9 Å². The van der Waals surface area contributed by atoms with E-state index in [1.165, 1.54) is 24.8 Å². The van der Waals surface area contributed by atoms with Gasteiger partial charge in [-0.2, -0.15) is 5.10 Å². The number of nitrogens with zero attached hydrogens (tertiary/aromatic N) is 3. The smallest absolute Gasteiger partial charge is 0.305 e. The molecule has 4 rings (SSSR count). The lowest BCUT2D eigenvalue weighted by atomic mass is 9.93. The number of aliphatic carboxylic acids is 1. The number of aryl methyl sites for hydroxylation is 1. The number of carbonyl (C=O) groups is 3. The summed E-state index contributed by atoms with van der Waals surface area (Å²) in [5.74, 6) is -1.24. The highest BCUT2D eigenvalue weighted by molar-refractivity contribution is 8.14. The Morgan fingerprint density at radius 1 is 1.23 bits per heavy atom. The molecule has 0 bridgehead atoms. The Hall–Kier alpha value is -2.49. The molecule has 1 aromatic carbocycles. The van der Waals surface area contributed by atoms with Gasteiger partial charge >= 0.3 is 5.97 Å². The fraction of sp³-hybridized carbons (Fsp3) is 0.440. The van der Waals surface area contributed by atoms with Crippen molar-refractivity contribution in [3.05, 3.63) is 59.2 Å². The molecule has 2 fully saturated rings. The van der Waals surface area contributed by atoms with E-state index in [4.69, 9.17) is 5.11 Å². The highest BCUT2D eigenvalue weighted by Crippen LogP contribution is 2.40. The van der Waals surface area contributed by atoms with Crippen LogP contribution < -0.4 is 0 Å². The molecular formula is C25H29ClFN3O4S. The number of likely N-dealkylation sites (tertiary alicyclic amines) is 1. The van der Waals surface area contributed by atoms with Crippen LogP contribution in [-0.4, -0.2) is 55.0 Å². The Bertz CT molecular complexity index is 1120. The van der Waals surface area contributed by atoms with Crippen molar-refractivity contribution in [3.63, 3.8) is 0 Å². The first-order chi connectivity index (χ1) is 16.3. The number of rotatable bonds is 9. The lowest BCUT2D eigenvalue weighted by Crippen LogP contribution is -2.43. The van der Waals surface area contributed by atoms with Gasteiger partial charge in [-0.15, -0.1) is 12.4 Å². The summed E-state index contributed by atoms with van der Waals surface area (Å²) in [4.78, 5) is 38.0. The Labute approximate surface area is 214 Å². The molecule has 1 saturated heterocycles. The SMILES string of the molecule is CC(=O)SC1CCN(C(C(=O)C2CC2)c2ccccc2F)C/C1=C/c1ccn(CCC(=O)O)n1.Cl. The maximum atomic E-state index is 14.8. The van der Waals surface area contributed by atoms with Crippen molar-refractivity contribution < 1.29 is 23.9 Å². The second kappa shape index (κ2) is 12.0. The zero-order chi connectivity index (χ0) is 24.2. The van der Waals surface area contributed by atoms with Crippen molar-refractivity contribution in [1.29, 1.82) is 0 Å². The summed E-state index contributed by atoms with van der Waals surface area (Å²) in [5.41, 5.74) is 2.00. The quantitative estimate of drug-likeness (QED) is 0.523. The minimum atomic E-state index is -0.893. The molecule has 2 heterocycles. The van der Waals surface area contributed by atoms with Gasteiger partial charge in [0, 0.05) is 42.9 Å². The van der Waals surface area contributed by atoms with Crippen LogP contribution in [0.15, 0.2) is 42.1 Å². The standard InChI is InChI=1S/C25H28FN3O4S.ClH/c1-16(30)34-22-9-11-28(15-18(22)14-19-8-12-29(27-19)13-10-23(31)32)24(25(33)17-6-7-17)20-4-2-3-5-21(20)26;/h2-5,8,12,14,17,22,24H,6-7,9-11,13,15H2,1H3,(H,31,32);1H/b18-14-;. The van der Waals surface area contributed by atoms with Crippen LogP contribution in [0.1, 0.15) is 49.9 Å². The van der Waals surface area contributed by atoms with Crippen LogP contribution in [0.3, 0.4) is 0 Å². The third-order valence-electron chi connectivity index (χ3n) is 6.15. The van der Waals surface area contributed by atoms with E-state index in [0.29, 0.717) is 30.8 Å². The van der Waals surface area contributed by atoms with Gasteiger partial charge in [0.15, 0.2) is 10.9 Å². The van der Waals surface area contributed by atoms with Crippen LogP contribution in [0.25, 0.3) is 6.08 Å². The fourth-order valence-corrected chi connectivity index (χ4v) is 5.29. The molecule has 1 aliphatic carbocycles. The molecule has 2 atom stereocenters. The number of carbonyl (C=O) groups excluding carboxylic acids is 2. The maximum absolute atomic E-state index is 14.8. The van der Waals surface area contributed by atoms with Gasteiger partial charge in [0.05, 0.1) is 24.7 Å². The molecule has 35 heavy (non-hydrogen) atoms. The zero-order valence-electron chi connectivity index (χ0n) is 19.4. The first-order valence-electron chi connectivity index (χ1n) is 11.5. The van der Waals surface area contributed by atoms with Gasteiger partial charge in [-0.3, -0.25) is 24.0 Å². The molecule has 0 radical (unpaired) electrons. The summed E-state index contributed by atoms with van der Waals surface area (Å²) >= 11 is 1.26. The summed E-state index contributed by atoms with van der Waals surface area (Å²) in [5, 5.41) is 13.3. The topological polar surface area (TPSA) is 92.5 Å². The van der Waals surface area contributed by atoms with E-state index >= 15 is 0 Å². The Morgan fingerprint density at radius 2 is 1.97 bits per heavy atom. The number of hydrogen-bond donors (Lipinski definition) is 1. The number of ketones is 1. The molecule has 0 amide bonds. The van der Waals surface area contributed by atoms with E-state index in [1.54, 1.807) is 35.1 Å². The summed E-state index contributed by atoms with van der Waals surface area (Å²) in [7, 11) is 0. The molecule has 188 valence electrons. The molecule has 2 unspecified atom stereocenters.